The van der Waals surface area contributed by atoms with Crippen LogP contribution in [-0.4, -0.2) is 42.1 Å². The number of hydrogen-bond donors (Lipinski definition) is 1. The van der Waals surface area contributed by atoms with Crippen LogP contribution in [0.5, 0.6) is 0 Å². The van der Waals surface area contributed by atoms with Gasteiger partial charge in [0.15, 0.2) is 0 Å². The molecular formula is C19H19N3O2. The standard InChI is InChI=1S/C19H19N3O2/c1-24-19(23)13-8-15-14-4-2-5-16-18(14)12(10-21-16)9-17(15)22(11-13)7-3-6-20/h2,4-5,8,10,13,17,21H,3,7,9,11H2,1H3/t13?,17-/m1/s1. The first-order valence-electron chi connectivity index (χ1n) is 8.23. The summed E-state index contributed by atoms with van der Waals surface area (Å²) in [5.41, 5.74) is 4.81. The maximum atomic E-state index is 12.1. The number of carbonyl (C=O) groups is 1. The van der Waals surface area contributed by atoms with Crippen LogP contribution < -0.4 is 0 Å². The van der Waals surface area contributed by atoms with E-state index in [1.165, 1.54) is 29.2 Å². The van der Waals surface area contributed by atoms with Gasteiger partial charge in [0.1, 0.15) is 0 Å². The Balaban J connectivity index is 1.83. The van der Waals surface area contributed by atoms with E-state index in [9.17, 15) is 4.79 Å². The van der Waals surface area contributed by atoms with Gasteiger partial charge in [-0.1, -0.05) is 18.2 Å². The van der Waals surface area contributed by atoms with E-state index < -0.39 is 0 Å². The van der Waals surface area contributed by atoms with Crippen molar-refractivity contribution in [1.29, 1.82) is 5.26 Å². The number of aromatic amines is 1. The Bertz CT molecular complexity index is 874. The van der Waals surface area contributed by atoms with Gasteiger partial charge in [0, 0.05) is 42.7 Å². The number of carbonyl (C=O) groups excluding carboxylic acids is 1. The maximum absolute atomic E-state index is 12.1. The molecular weight excluding hydrogens is 302 g/mol. The first kappa shape index (κ1) is 15.0. The number of rotatable bonds is 3. The molecule has 0 saturated carbocycles. The molecule has 2 heterocycles. The summed E-state index contributed by atoms with van der Waals surface area (Å²) in [5, 5.41) is 10.2. The van der Waals surface area contributed by atoms with Crippen molar-refractivity contribution in [3.8, 4) is 6.07 Å². The zero-order valence-electron chi connectivity index (χ0n) is 13.6. The van der Waals surface area contributed by atoms with E-state index in [1.54, 1.807) is 0 Å². The van der Waals surface area contributed by atoms with Gasteiger partial charge in [0.2, 0.25) is 0 Å². The summed E-state index contributed by atoms with van der Waals surface area (Å²) in [5.74, 6) is -0.495. The molecule has 122 valence electrons. The first-order chi connectivity index (χ1) is 11.7. The summed E-state index contributed by atoms with van der Waals surface area (Å²) in [6.07, 6.45) is 5.52. The molecule has 1 aromatic carbocycles. The summed E-state index contributed by atoms with van der Waals surface area (Å²) in [6.45, 7) is 1.28. The second-order valence-corrected chi connectivity index (χ2v) is 6.42. The van der Waals surface area contributed by atoms with Gasteiger partial charge in [0.05, 0.1) is 19.1 Å². The fourth-order valence-electron chi connectivity index (χ4n) is 4.07. The molecule has 0 bridgehead atoms. The van der Waals surface area contributed by atoms with E-state index in [0.717, 1.165) is 11.9 Å². The van der Waals surface area contributed by atoms with Crippen molar-refractivity contribution in [2.24, 2.45) is 5.92 Å². The van der Waals surface area contributed by atoms with Gasteiger partial charge in [-0.2, -0.15) is 5.26 Å². The molecule has 1 aliphatic heterocycles. The van der Waals surface area contributed by atoms with Crippen molar-refractivity contribution in [3.05, 3.63) is 41.6 Å². The normalized spacial score (nSPS) is 22.6. The maximum Gasteiger partial charge on any atom is 0.313 e. The quantitative estimate of drug-likeness (QED) is 0.882. The Hall–Kier alpha value is -2.58. The van der Waals surface area contributed by atoms with E-state index in [2.05, 4.69) is 40.4 Å². The number of nitrogens with zero attached hydrogens (tertiary/aromatic N) is 2. The highest BCUT2D eigenvalue weighted by atomic mass is 16.5. The summed E-state index contributed by atoms with van der Waals surface area (Å²) in [7, 11) is 1.43. The largest absolute Gasteiger partial charge is 0.469 e. The summed E-state index contributed by atoms with van der Waals surface area (Å²) < 4.78 is 4.97. The number of nitriles is 1. The molecule has 0 radical (unpaired) electrons. The van der Waals surface area contributed by atoms with Crippen LogP contribution >= 0.6 is 0 Å². The number of esters is 1. The fourth-order valence-corrected chi connectivity index (χ4v) is 4.07. The molecule has 1 unspecified atom stereocenters. The van der Waals surface area contributed by atoms with Crippen molar-refractivity contribution in [2.45, 2.75) is 18.9 Å². The molecule has 5 nitrogen and oxygen atoms in total. The third-order valence-electron chi connectivity index (χ3n) is 5.14. The van der Waals surface area contributed by atoms with Gasteiger partial charge in [-0.25, -0.2) is 0 Å². The fraction of sp³-hybridized carbons (Fsp3) is 0.368. The van der Waals surface area contributed by atoms with Crippen LogP contribution in [0.15, 0.2) is 30.5 Å². The topological polar surface area (TPSA) is 69.1 Å². The summed E-state index contributed by atoms with van der Waals surface area (Å²) >= 11 is 0. The van der Waals surface area contributed by atoms with E-state index in [4.69, 9.17) is 10.00 Å². The minimum Gasteiger partial charge on any atom is -0.469 e. The van der Waals surface area contributed by atoms with Crippen LogP contribution in [-0.2, 0) is 16.0 Å². The van der Waals surface area contributed by atoms with Crippen LogP contribution in [0, 0.1) is 17.2 Å². The van der Waals surface area contributed by atoms with E-state index in [0.29, 0.717) is 19.5 Å². The van der Waals surface area contributed by atoms with Gasteiger partial charge in [0.25, 0.3) is 0 Å². The molecule has 2 atom stereocenters. The molecule has 1 aliphatic carbocycles. The van der Waals surface area contributed by atoms with Crippen LogP contribution in [0.25, 0.3) is 16.5 Å². The smallest absolute Gasteiger partial charge is 0.313 e. The number of H-pyrrole nitrogens is 1. The molecule has 0 spiro atoms. The number of fused-ring (bicyclic) bond motifs is 2. The van der Waals surface area contributed by atoms with E-state index in [-0.39, 0.29) is 17.9 Å². The average Bonchev–Trinajstić information content (AvgIpc) is 3.03. The van der Waals surface area contributed by atoms with E-state index >= 15 is 0 Å². The Morgan fingerprint density at radius 2 is 2.38 bits per heavy atom. The van der Waals surface area contributed by atoms with Crippen LogP contribution in [0.4, 0.5) is 0 Å². The van der Waals surface area contributed by atoms with Gasteiger partial charge in [-0.15, -0.1) is 0 Å². The molecule has 2 aliphatic rings. The highest BCUT2D eigenvalue weighted by Crippen LogP contribution is 2.41. The molecule has 0 saturated heterocycles. The van der Waals surface area contributed by atoms with Gasteiger partial charge < -0.3 is 9.72 Å². The first-order valence-corrected chi connectivity index (χ1v) is 8.23. The molecule has 1 N–H and O–H groups in total. The molecule has 0 fully saturated rings. The second kappa shape index (κ2) is 5.81. The van der Waals surface area contributed by atoms with Crippen LogP contribution in [0.3, 0.4) is 0 Å². The third kappa shape index (κ3) is 2.22. The Morgan fingerprint density at radius 1 is 1.50 bits per heavy atom. The average molecular weight is 321 g/mol. The summed E-state index contributed by atoms with van der Waals surface area (Å²) in [6, 6.07) is 8.68. The summed E-state index contributed by atoms with van der Waals surface area (Å²) in [4.78, 5) is 17.7. The number of benzene rings is 1. The number of ether oxygens (including phenoxy) is 1. The molecule has 0 amide bonds. The Kier molecular flexibility index (Phi) is 3.62. The van der Waals surface area contributed by atoms with Crippen molar-refractivity contribution >= 4 is 22.4 Å². The van der Waals surface area contributed by atoms with Crippen molar-refractivity contribution in [3.63, 3.8) is 0 Å². The van der Waals surface area contributed by atoms with Crippen molar-refractivity contribution in [2.75, 3.05) is 20.2 Å². The van der Waals surface area contributed by atoms with Gasteiger partial charge >= 0.3 is 5.97 Å². The molecule has 24 heavy (non-hydrogen) atoms. The highest BCUT2D eigenvalue weighted by molar-refractivity contribution is 5.99. The van der Waals surface area contributed by atoms with Crippen molar-refractivity contribution in [1.82, 2.24) is 9.88 Å². The lowest BCUT2D eigenvalue weighted by Crippen LogP contribution is -2.47. The monoisotopic (exact) mass is 321 g/mol. The zero-order chi connectivity index (χ0) is 16.7. The molecule has 2 aromatic rings. The van der Waals surface area contributed by atoms with E-state index in [1.807, 2.05) is 6.07 Å². The number of nitrogens with one attached hydrogen (secondary N) is 1. The predicted molar refractivity (Wildman–Crippen MR) is 91.1 cm³/mol. The lowest BCUT2D eigenvalue weighted by Gasteiger charge is -2.41. The predicted octanol–water partition coefficient (Wildman–Crippen LogP) is 2.49. The van der Waals surface area contributed by atoms with Crippen LogP contribution in [0.2, 0.25) is 0 Å². The van der Waals surface area contributed by atoms with Gasteiger partial charge in [-0.3, -0.25) is 9.69 Å². The van der Waals surface area contributed by atoms with Gasteiger partial charge in [-0.05, 0) is 29.2 Å². The SMILES string of the molecule is COC(=O)C1C=C2c3cccc4[nH]cc(c34)C[C@H]2N(CCC#N)C1. The third-order valence-corrected chi connectivity index (χ3v) is 5.14. The Labute approximate surface area is 140 Å². The van der Waals surface area contributed by atoms with Crippen LogP contribution in [0.1, 0.15) is 17.5 Å². The number of hydrogen-bond acceptors (Lipinski definition) is 4. The number of methoxy groups -OCH3 is 1. The Morgan fingerprint density at radius 3 is 3.17 bits per heavy atom. The zero-order valence-corrected chi connectivity index (χ0v) is 13.6. The lowest BCUT2D eigenvalue weighted by molar-refractivity contribution is -0.144. The number of aromatic nitrogens is 1. The molecule has 1 aromatic heterocycles. The molecule has 5 heteroatoms. The minimum atomic E-state index is -0.282. The highest BCUT2D eigenvalue weighted by Gasteiger charge is 2.37. The molecule has 4 rings (SSSR count). The lowest BCUT2D eigenvalue weighted by atomic mass is 9.79. The van der Waals surface area contributed by atoms with Crippen molar-refractivity contribution < 1.29 is 9.53 Å². The minimum absolute atomic E-state index is 0.213. The second-order valence-electron chi connectivity index (χ2n) is 6.42.